The van der Waals surface area contributed by atoms with Gasteiger partial charge in [-0.2, -0.15) is 0 Å². The number of aryl methyl sites for hydroxylation is 3. The summed E-state index contributed by atoms with van der Waals surface area (Å²) in [6, 6.07) is 10.8. The fourth-order valence-electron chi connectivity index (χ4n) is 1.83. The van der Waals surface area contributed by atoms with Crippen LogP contribution in [-0.4, -0.2) is 12.8 Å². The summed E-state index contributed by atoms with van der Waals surface area (Å²) in [6.07, 6.45) is 0. The van der Waals surface area contributed by atoms with E-state index in [2.05, 4.69) is 10.6 Å². The van der Waals surface area contributed by atoms with Gasteiger partial charge in [0.2, 0.25) is 0 Å². The van der Waals surface area contributed by atoms with Crippen molar-refractivity contribution in [3.63, 3.8) is 0 Å². The van der Waals surface area contributed by atoms with E-state index < -0.39 is 0 Å². The second kappa shape index (κ2) is 7.18. The van der Waals surface area contributed by atoms with Crippen molar-refractivity contribution in [1.29, 1.82) is 0 Å². The van der Waals surface area contributed by atoms with Gasteiger partial charge in [-0.25, -0.2) is 4.79 Å². The molecule has 2 rings (SSSR count). The first-order chi connectivity index (χ1) is 10.5. The largest absolute Gasteiger partial charge is 0.473 e. The van der Waals surface area contributed by atoms with Crippen LogP contribution in [-0.2, 0) is 0 Å². The highest BCUT2D eigenvalue weighted by atomic mass is 35.5. The van der Waals surface area contributed by atoms with Gasteiger partial charge >= 0.3 is 6.03 Å². The molecule has 2 aromatic rings. The molecule has 116 valence electrons. The average molecular weight is 319 g/mol. The molecule has 0 atom stereocenters. The zero-order chi connectivity index (χ0) is 16.1. The molecule has 0 saturated carbocycles. The van der Waals surface area contributed by atoms with Crippen LogP contribution in [0.2, 0.25) is 5.02 Å². The van der Waals surface area contributed by atoms with Gasteiger partial charge in [-0.3, -0.25) is 0 Å². The molecule has 5 heteroatoms. The zero-order valence-corrected chi connectivity index (χ0v) is 13.6. The van der Waals surface area contributed by atoms with Crippen LogP contribution in [0.25, 0.3) is 0 Å². The first-order valence-corrected chi connectivity index (χ1v) is 7.34. The van der Waals surface area contributed by atoms with Gasteiger partial charge in [-0.05, 0) is 61.7 Å². The lowest BCUT2D eigenvalue weighted by Gasteiger charge is -2.11. The highest BCUT2D eigenvalue weighted by Crippen LogP contribution is 2.20. The molecular formula is C17H19ClN2O2. The normalized spacial score (nSPS) is 10.2. The number of benzene rings is 2. The molecule has 0 fully saturated rings. The quantitative estimate of drug-likeness (QED) is 0.820. The lowest BCUT2D eigenvalue weighted by molar-refractivity contribution is 0.234. The molecule has 2 N–H and O–H groups in total. The molecule has 0 radical (unpaired) electrons. The molecule has 2 aromatic carbocycles. The topological polar surface area (TPSA) is 50.4 Å². The number of anilines is 1. The maximum Gasteiger partial charge on any atom is 0.321 e. The van der Waals surface area contributed by atoms with Crippen LogP contribution in [0.1, 0.15) is 16.7 Å². The molecule has 0 heterocycles. The van der Waals surface area contributed by atoms with E-state index >= 15 is 0 Å². The van der Waals surface area contributed by atoms with Crippen molar-refractivity contribution in [2.75, 3.05) is 12.0 Å². The van der Waals surface area contributed by atoms with Gasteiger partial charge in [-0.1, -0.05) is 23.7 Å². The summed E-state index contributed by atoms with van der Waals surface area (Å²) in [7, 11) is 0. The van der Waals surface area contributed by atoms with E-state index in [0.717, 1.165) is 16.9 Å². The van der Waals surface area contributed by atoms with Crippen LogP contribution in [0.5, 0.6) is 5.75 Å². The van der Waals surface area contributed by atoms with E-state index in [9.17, 15) is 4.79 Å². The number of carbonyl (C=O) groups is 1. The minimum Gasteiger partial charge on any atom is -0.473 e. The van der Waals surface area contributed by atoms with Gasteiger partial charge in [0.25, 0.3) is 0 Å². The van der Waals surface area contributed by atoms with Crippen molar-refractivity contribution >= 4 is 23.3 Å². The molecule has 0 spiro atoms. The monoisotopic (exact) mass is 318 g/mol. The average Bonchev–Trinajstić information content (AvgIpc) is 2.47. The van der Waals surface area contributed by atoms with Crippen molar-refractivity contribution in [2.45, 2.75) is 20.8 Å². The van der Waals surface area contributed by atoms with E-state index in [4.69, 9.17) is 16.3 Å². The highest BCUT2D eigenvalue weighted by molar-refractivity contribution is 6.31. The smallest absolute Gasteiger partial charge is 0.321 e. The standard InChI is InChI=1S/C17H19ClN2O2/c1-11-5-7-15(8-13(11)3)22-10-19-17(21)20-14-6-4-12(2)16(18)9-14/h4-9H,10H2,1-3H3,(H2,19,20,21). The van der Waals surface area contributed by atoms with Gasteiger partial charge in [0, 0.05) is 10.7 Å². The van der Waals surface area contributed by atoms with E-state index in [-0.39, 0.29) is 12.8 Å². The van der Waals surface area contributed by atoms with E-state index in [1.807, 2.05) is 45.0 Å². The van der Waals surface area contributed by atoms with Crippen LogP contribution < -0.4 is 15.4 Å². The summed E-state index contributed by atoms with van der Waals surface area (Å²) in [5, 5.41) is 5.95. The van der Waals surface area contributed by atoms with Gasteiger partial charge < -0.3 is 15.4 Å². The maximum atomic E-state index is 11.8. The van der Waals surface area contributed by atoms with Crippen molar-refractivity contribution in [3.05, 3.63) is 58.1 Å². The molecule has 2 amide bonds. The highest BCUT2D eigenvalue weighted by Gasteiger charge is 2.04. The maximum absolute atomic E-state index is 11.8. The Labute approximate surface area is 135 Å². The first kappa shape index (κ1) is 16.2. The Morgan fingerprint density at radius 3 is 2.45 bits per heavy atom. The van der Waals surface area contributed by atoms with Crippen molar-refractivity contribution < 1.29 is 9.53 Å². The fraction of sp³-hybridized carbons (Fsp3) is 0.235. The third-order valence-corrected chi connectivity index (χ3v) is 3.79. The second-order valence-corrected chi connectivity index (χ2v) is 5.54. The first-order valence-electron chi connectivity index (χ1n) is 6.97. The summed E-state index contributed by atoms with van der Waals surface area (Å²) in [4.78, 5) is 11.8. The number of hydrogen-bond acceptors (Lipinski definition) is 2. The van der Waals surface area contributed by atoms with Crippen molar-refractivity contribution in [1.82, 2.24) is 5.32 Å². The fourth-order valence-corrected chi connectivity index (χ4v) is 2.02. The molecule has 22 heavy (non-hydrogen) atoms. The summed E-state index contributed by atoms with van der Waals surface area (Å²) in [5.74, 6) is 0.724. The number of amides is 2. The second-order valence-electron chi connectivity index (χ2n) is 5.13. The zero-order valence-electron chi connectivity index (χ0n) is 12.9. The van der Waals surface area contributed by atoms with Crippen LogP contribution in [0.15, 0.2) is 36.4 Å². The van der Waals surface area contributed by atoms with Crippen LogP contribution in [0.4, 0.5) is 10.5 Å². The predicted molar refractivity (Wildman–Crippen MR) is 89.8 cm³/mol. The van der Waals surface area contributed by atoms with Crippen LogP contribution in [0.3, 0.4) is 0 Å². The summed E-state index contributed by atoms with van der Waals surface area (Å²) in [6.45, 7) is 6.05. The molecule has 0 aliphatic heterocycles. The van der Waals surface area contributed by atoms with E-state index in [1.54, 1.807) is 12.1 Å². The number of ether oxygens (including phenoxy) is 1. The number of hydrogen-bond donors (Lipinski definition) is 2. The van der Waals surface area contributed by atoms with Crippen molar-refractivity contribution in [2.24, 2.45) is 0 Å². The summed E-state index contributed by atoms with van der Waals surface area (Å²) in [5.41, 5.74) is 3.95. The molecule has 0 unspecified atom stereocenters. The third-order valence-electron chi connectivity index (χ3n) is 3.38. The third kappa shape index (κ3) is 4.40. The lowest BCUT2D eigenvalue weighted by Crippen LogP contribution is -2.32. The number of rotatable bonds is 4. The van der Waals surface area contributed by atoms with E-state index in [1.165, 1.54) is 5.56 Å². The molecule has 0 aliphatic carbocycles. The Kier molecular flexibility index (Phi) is 5.28. The molecule has 0 bridgehead atoms. The van der Waals surface area contributed by atoms with Gasteiger partial charge in [0.1, 0.15) is 5.75 Å². The number of nitrogens with one attached hydrogen (secondary N) is 2. The number of halogens is 1. The molecule has 0 aromatic heterocycles. The van der Waals surface area contributed by atoms with Gasteiger partial charge in [0.05, 0.1) is 0 Å². The van der Waals surface area contributed by atoms with Crippen LogP contribution >= 0.6 is 11.6 Å². The van der Waals surface area contributed by atoms with Gasteiger partial charge in [0.15, 0.2) is 6.73 Å². The minimum absolute atomic E-state index is 0.0912. The number of urea groups is 1. The SMILES string of the molecule is Cc1ccc(OCNC(=O)Nc2ccc(C)c(Cl)c2)cc1C. The van der Waals surface area contributed by atoms with E-state index in [0.29, 0.717) is 10.7 Å². The lowest BCUT2D eigenvalue weighted by atomic mass is 10.1. The molecule has 0 aliphatic rings. The minimum atomic E-state index is -0.344. The number of carbonyl (C=O) groups excluding carboxylic acids is 1. The Bertz CT molecular complexity index is 686. The van der Waals surface area contributed by atoms with Crippen LogP contribution in [0, 0.1) is 20.8 Å². The van der Waals surface area contributed by atoms with Gasteiger partial charge in [-0.15, -0.1) is 0 Å². The Balaban J connectivity index is 1.82. The molecule has 0 saturated heterocycles. The Hall–Kier alpha value is -2.20. The summed E-state index contributed by atoms with van der Waals surface area (Å²) < 4.78 is 5.50. The predicted octanol–water partition coefficient (Wildman–Crippen LogP) is 4.42. The van der Waals surface area contributed by atoms with Crippen molar-refractivity contribution in [3.8, 4) is 5.75 Å². The molecule has 4 nitrogen and oxygen atoms in total. The Morgan fingerprint density at radius 1 is 1.05 bits per heavy atom. The summed E-state index contributed by atoms with van der Waals surface area (Å²) >= 11 is 6.01. The Morgan fingerprint density at radius 2 is 1.77 bits per heavy atom. The molecular weight excluding hydrogens is 300 g/mol.